The number of nitrogens with two attached hydrogens (primary N) is 1. The molecular weight excluding hydrogens is 218 g/mol. The lowest BCUT2D eigenvalue weighted by Gasteiger charge is -2.20. The quantitative estimate of drug-likeness (QED) is 0.624. The van der Waals surface area contributed by atoms with Crippen LogP contribution in [-0.2, 0) is 5.75 Å². The van der Waals surface area contributed by atoms with Crippen molar-refractivity contribution in [1.29, 1.82) is 0 Å². The molecule has 88 valence electrons. The maximum absolute atomic E-state index is 5.34. The highest BCUT2D eigenvalue weighted by Gasteiger charge is 2.13. The van der Waals surface area contributed by atoms with Crippen molar-refractivity contribution in [3.8, 4) is 0 Å². The van der Waals surface area contributed by atoms with Crippen molar-refractivity contribution >= 4 is 17.6 Å². The second-order valence-corrected chi connectivity index (χ2v) is 5.55. The average molecular weight is 237 g/mol. The molecule has 16 heavy (non-hydrogen) atoms. The lowest BCUT2D eigenvalue weighted by molar-refractivity contribution is 0.516. The fourth-order valence-electron chi connectivity index (χ4n) is 2.09. The lowest BCUT2D eigenvalue weighted by Crippen LogP contribution is -2.09. The van der Waals surface area contributed by atoms with Crippen LogP contribution in [0.25, 0.3) is 0 Å². The van der Waals surface area contributed by atoms with Crippen LogP contribution in [-0.4, -0.2) is 10.2 Å². The van der Waals surface area contributed by atoms with Crippen molar-refractivity contribution in [1.82, 2.24) is 4.98 Å². The number of anilines is 1. The third kappa shape index (κ3) is 3.39. The molecule has 3 N–H and O–H groups in total. The molecule has 0 aromatic carbocycles. The van der Waals surface area contributed by atoms with Crippen molar-refractivity contribution in [2.45, 2.75) is 43.1 Å². The van der Waals surface area contributed by atoms with Gasteiger partial charge in [-0.3, -0.25) is 0 Å². The first-order valence-electron chi connectivity index (χ1n) is 5.91. The third-order valence-electron chi connectivity index (χ3n) is 3.01. The van der Waals surface area contributed by atoms with Crippen LogP contribution in [0.3, 0.4) is 0 Å². The molecule has 0 atom stereocenters. The molecule has 1 aromatic heterocycles. The standard InChI is InChI=1S/C12H19N3S/c13-15-12-8-10(6-7-14-12)9-16-11-4-2-1-3-5-11/h6-8,11H,1-5,9,13H2,(H,14,15). The van der Waals surface area contributed by atoms with E-state index in [1.165, 1.54) is 37.7 Å². The summed E-state index contributed by atoms with van der Waals surface area (Å²) in [5.74, 6) is 7.16. The van der Waals surface area contributed by atoms with Gasteiger partial charge in [-0.05, 0) is 30.5 Å². The molecule has 0 aliphatic heterocycles. The Labute approximate surface area is 101 Å². The Morgan fingerprint density at radius 1 is 1.38 bits per heavy atom. The van der Waals surface area contributed by atoms with E-state index < -0.39 is 0 Å². The van der Waals surface area contributed by atoms with Gasteiger partial charge in [-0.1, -0.05) is 19.3 Å². The molecule has 1 fully saturated rings. The first kappa shape index (κ1) is 11.7. The second kappa shape index (κ2) is 6.11. The van der Waals surface area contributed by atoms with E-state index in [-0.39, 0.29) is 0 Å². The highest BCUT2D eigenvalue weighted by molar-refractivity contribution is 7.99. The molecule has 0 saturated heterocycles. The van der Waals surface area contributed by atoms with Crippen LogP contribution in [0, 0.1) is 0 Å². The monoisotopic (exact) mass is 237 g/mol. The smallest absolute Gasteiger partial charge is 0.140 e. The average Bonchev–Trinajstić information content (AvgIpc) is 2.38. The van der Waals surface area contributed by atoms with Crippen molar-refractivity contribution in [3.05, 3.63) is 23.9 Å². The van der Waals surface area contributed by atoms with Gasteiger partial charge in [0.2, 0.25) is 0 Å². The molecule has 0 radical (unpaired) electrons. The zero-order valence-electron chi connectivity index (χ0n) is 9.48. The summed E-state index contributed by atoms with van der Waals surface area (Å²) in [7, 11) is 0. The van der Waals surface area contributed by atoms with Gasteiger partial charge in [-0.25, -0.2) is 10.8 Å². The van der Waals surface area contributed by atoms with Crippen LogP contribution in [0.1, 0.15) is 37.7 Å². The maximum atomic E-state index is 5.34. The van der Waals surface area contributed by atoms with Crippen LogP contribution in [0.2, 0.25) is 0 Å². The van der Waals surface area contributed by atoms with E-state index in [2.05, 4.69) is 28.2 Å². The van der Waals surface area contributed by atoms with Crippen LogP contribution < -0.4 is 11.3 Å². The Bertz CT molecular complexity index is 324. The molecule has 2 rings (SSSR count). The molecule has 0 bridgehead atoms. The Morgan fingerprint density at radius 3 is 2.94 bits per heavy atom. The predicted molar refractivity (Wildman–Crippen MR) is 70.2 cm³/mol. The summed E-state index contributed by atoms with van der Waals surface area (Å²) in [6, 6.07) is 4.09. The molecule has 1 aromatic rings. The molecule has 4 heteroatoms. The molecule has 3 nitrogen and oxygen atoms in total. The molecule has 1 aliphatic rings. The number of rotatable bonds is 4. The summed E-state index contributed by atoms with van der Waals surface area (Å²) in [6.45, 7) is 0. The van der Waals surface area contributed by atoms with E-state index in [4.69, 9.17) is 5.84 Å². The van der Waals surface area contributed by atoms with Crippen molar-refractivity contribution < 1.29 is 0 Å². The predicted octanol–water partition coefficient (Wildman–Crippen LogP) is 2.93. The molecule has 0 amide bonds. The number of nitrogens with zero attached hydrogens (tertiary/aromatic N) is 1. The van der Waals surface area contributed by atoms with Gasteiger partial charge in [0.1, 0.15) is 5.82 Å². The summed E-state index contributed by atoms with van der Waals surface area (Å²) in [5.41, 5.74) is 3.89. The number of aromatic nitrogens is 1. The first-order chi connectivity index (χ1) is 7.88. The molecule has 0 unspecified atom stereocenters. The van der Waals surface area contributed by atoms with E-state index in [9.17, 15) is 0 Å². The molecule has 1 aliphatic carbocycles. The van der Waals surface area contributed by atoms with E-state index in [0.717, 1.165) is 16.8 Å². The largest absolute Gasteiger partial charge is 0.308 e. The Kier molecular flexibility index (Phi) is 4.48. The highest BCUT2D eigenvalue weighted by Crippen LogP contribution is 2.30. The van der Waals surface area contributed by atoms with Gasteiger partial charge < -0.3 is 5.43 Å². The van der Waals surface area contributed by atoms with Gasteiger partial charge in [-0.2, -0.15) is 11.8 Å². The summed E-state index contributed by atoms with van der Waals surface area (Å²) in [5, 5.41) is 0.858. The molecule has 0 spiro atoms. The Balaban J connectivity index is 1.83. The van der Waals surface area contributed by atoms with Crippen molar-refractivity contribution in [2.24, 2.45) is 5.84 Å². The van der Waals surface area contributed by atoms with E-state index in [0.29, 0.717) is 0 Å². The molecular formula is C12H19N3S. The van der Waals surface area contributed by atoms with Gasteiger partial charge in [0.25, 0.3) is 0 Å². The fraction of sp³-hybridized carbons (Fsp3) is 0.583. The summed E-state index contributed by atoms with van der Waals surface area (Å²) in [4.78, 5) is 4.11. The van der Waals surface area contributed by atoms with E-state index >= 15 is 0 Å². The van der Waals surface area contributed by atoms with Crippen LogP contribution >= 0.6 is 11.8 Å². The topological polar surface area (TPSA) is 50.9 Å². The van der Waals surface area contributed by atoms with Crippen LogP contribution in [0.4, 0.5) is 5.82 Å². The van der Waals surface area contributed by atoms with Crippen molar-refractivity contribution in [3.63, 3.8) is 0 Å². The zero-order chi connectivity index (χ0) is 11.2. The maximum Gasteiger partial charge on any atom is 0.140 e. The van der Waals surface area contributed by atoms with Gasteiger partial charge >= 0.3 is 0 Å². The SMILES string of the molecule is NNc1cc(CSC2CCCCC2)ccn1. The number of thioether (sulfide) groups is 1. The minimum Gasteiger partial charge on any atom is -0.308 e. The van der Waals surface area contributed by atoms with Crippen molar-refractivity contribution in [2.75, 3.05) is 5.43 Å². The number of nitrogens with one attached hydrogen (secondary N) is 1. The van der Waals surface area contributed by atoms with E-state index in [1.54, 1.807) is 0 Å². The Morgan fingerprint density at radius 2 is 2.19 bits per heavy atom. The second-order valence-electron chi connectivity index (χ2n) is 4.26. The number of pyridine rings is 1. The Hall–Kier alpha value is -0.740. The number of nitrogen functional groups attached to an aromatic ring is 1. The lowest BCUT2D eigenvalue weighted by atomic mass is 10.0. The fourth-order valence-corrected chi connectivity index (χ4v) is 3.36. The summed E-state index contributed by atoms with van der Waals surface area (Å²) >= 11 is 2.07. The summed E-state index contributed by atoms with van der Waals surface area (Å²) < 4.78 is 0. The number of hydrazine groups is 1. The van der Waals surface area contributed by atoms with E-state index in [1.807, 2.05) is 12.3 Å². The zero-order valence-corrected chi connectivity index (χ0v) is 10.3. The molecule has 1 saturated carbocycles. The van der Waals surface area contributed by atoms with Crippen LogP contribution in [0.5, 0.6) is 0 Å². The van der Waals surface area contributed by atoms with Gasteiger partial charge in [0.05, 0.1) is 0 Å². The minimum atomic E-state index is 0.752. The van der Waals surface area contributed by atoms with Gasteiger partial charge in [-0.15, -0.1) is 0 Å². The third-order valence-corrected chi connectivity index (χ3v) is 4.45. The van der Waals surface area contributed by atoms with Crippen LogP contribution in [0.15, 0.2) is 18.3 Å². The normalized spacial score (nSPS) is 17.3. The minimum absolute atomic E-state index is 0.752. The first-order valence-corrected chi connectivity index (χ1v) is 6.96. The number of hydrogen-bond acceptors (Lipinski definition) is 4. The van der Waals surface area contributed by atoms with Gasteiger partial charge in [0, 0.05) is 17.2 Å². The molecule has 1 heterocycles. The number of hydrogen-bond donors (Lipinski definition) is 2. The summed E-state index contributed by atoms with van der Waals surface area (Å²) in [6.07, 6.45) is 8.82. The van der Waals surface area contributed by atoms with Gasteiger partial charge in [0.15, 0.2) is 0 Å². The highest BCUT2D eigenvalue weighted by atomic mass is 32.2.